The Morgan fingerprint density at radius 2 is 2.09 bits per heavy atom. The monoisotopic (exact) mass is 336 g/mol. The number of hydrogen-bond donors (Lipinski definition) is 3. The molecule has 1 unspecified atom stereocenters. The molecule has 0 aliphatic rings. The Balaban J connectivity index is 2.01. The number of rotatable bonds is 4. The molecular weight excluding hydrogens is 319 g/mol. The summed E-state index contributed by atoms with van der Waals surface area (Å²) in [7, 11) is 0. The van der Waals surface area contributed by atoms with Gasteiger partial charge in [-0.15, -0.1) is 0 Å². The number of phenols is 1. The molecule has 0 bridgehead atoms. The van der Waals surface area contributed by atoms with Gasteiger partial charge in [0.15, 0.2) is 5.75 Å². The van der Waals surface area contributed by atoms with Gasteiger partial charge in [-0.25, -0.2) is 14.4 Å². The third-order valence-electron chi connectivity index (χ3n) is 4.02. The lowest BCUT2D eigenvalue weighted by Crippen LogP contribution is -2.11. The molecule has 3 rings (SSSR count). The number of alkyl halides is 1. The Labute approximate surface area is 137 Å². The summed E-state index contributed by atoms with van der Waals surface area (Å²) in [6.07, 6.45) is 1.31. The fourth-order valence-corrected chi connectivity index (χ4v) is 2.77. The van der Waals surface area contributed by atoms with Crippen LogP contribution in [-0.4, -0.2) is 31.2 Å². The first-order valence-corrected chi connectivity index (χ1v) is 7.80. The van der Waals surface area contributed by atoms with Crippen molar-refractivity contribution in [2.75, 3.05) is 0 Å². The second kappa shape index (κ2) is 5.85. The second-order valence-corrected chi connectivity index (χ2v) is 6.32. The normalized spacial score (nSPS) is 14.3. The summed E-state index contributed by atoms with van der Waals surface area (Å²) in [6, 6.07) is 1.63. The van der Waals surface area contributed by atoms with E-state index in [2.05, 4.69) is 19.9 Å². The van der Waals surface area contributed by atoms with Crippen molar-refractivity contribution in [1.82, 2.24) is 19.9 Å². The van der Waals surface area contributed by atoms with Crippen LogP contribution in [0.2, 0.25) is 5.02 Å². The summed E-state index contributed by atoms with van der Waals surface area (Å²) >= 11 is 6.25. The fourth-order valence-electron chi connectivity index (χ4n) is 2.52. The topological polar surface area (TPSA) is 77.6 Å². The molecule has 3 aromatic rings. The Morgan fingerprint density at radius 3 is 2.78 bits per heavy atom. The van der Waals surface area contributed by atoms with Gasteiger partial charge in [0.05, 0.1) is 10.6 Å². The molecule has 0 saturated heterocycles. The summed E-state index contributed by atoms with van der Waals surface area (Å²) < 4.78 is 13.3. The minimum absolute atomic E-state index is 0.0396. The molecule has 0 fully saturated rings. The van der Waals surface area contributed by atoms with Gasteiger partial charge in [-0.3, -0.25) is 0 Å². The zero-order valence-corrected chi connectivity index (χ0v) is 13.9. The number of aromatic amines is 2. The van der Waals surface area contributed by atoms with Gasteiger partial charge in [0.1, 0.15) is 28.9 Å². The van der Waals surface area contributed by atoms with Gasteiger partial charge in [0, 0.05) is 11.9 Å². The molecule has 3 N–H and O–H groups in total. The van der Waals surface area contributed by atoms with Crippen LogP contribution in [0.1, 0.15) is 25.4 Å². The lowest BCUT2D eigenvalue weighted by molar-refractivity contribution is 0.262. The van der Waals surface area contributed by atoms with Crippen LogP contribution in [0.15, 0.2) is 12.3 Å². The largest absolute Gasteiger partial charge is 0.505 e. The number of aromatic nitrogens is 4. The highest BCUT2D eigenvalue weighted by Crippen LogP contribution is 2.37. The summed E-state index contributed by atoms with van der Waals surface area (Å²) in [5.74, 6) is 1.09. The van der Waals surface area contributed by atoms with E-state index in [4.69, 9.17) is 11.6 Å². The molecule has 0 aliphatic carbocycles. The van der Waals surface area contributed by atoms with Crippen molar-refractivity contribution in [3.8, 4) is 17.1 Å². The van der Waals surface area contributed by atoms with Crippen LogP contribution in [0.4, 0.5) is 4.39 Å². The second-order valence-electron chi connectivity index (χ2n) is 5.92. The van der Waals surface area contributed by atoms with E-state index in [1.165, 1.54) is 0 Å². The number of aryl methyl sites for hydroxylation is 1. The van der Waals surface area contributed by atoms with Gasteiger partial charge in [-0.1, -0.05) is 18.5 Å². The predicted octanol–water partition coefficient (Wildman–Crippen LogP) is 4.16. The van der Waals surface area contributed by atoms with E-state index in [1.54, 1.807) is 26.1 Å². The highest BCUT2D eigenvalue weighted by atomic mass is 35.5. The first-order chi connectivity index (χ1) is 10.9. The maximum Gasteiger partial charge on any atom is 0.152 e. The highest BCUT2D eigenvalue weighted by molar-refractivity contribution is 6.35. The highest BCUT2D eigenvalue weighted by Gasteiger charge is 2.18. The van der Waals surface area contributed by atoms with Crippen molar-refractivity contribution >= 4 is 22.6 Å². The first-order valence-electron chi connectivity index (χ1n) is 7.43. The van der Waals surface area contributed by atoms with Crippen LogP contribution < -0.4 is 0 Å². The minimum Gasteiger partial charge on any atom is -0.505 e. The van der Waals surface area contributed by atoms with Crippen LogP contribution in [0.3, 0.4) is 0 Å². The standard InChI is InChI=1S/C16H18ClFN4O/c1-7(8(2)18)4-10-6-19-16(22-10)11-5-12(17)13-14(15(11)23)21-9(3)20-13/h5-8,23H,4H2,1-3H3,(H,19,22)(H,20,21)/t7?,8-/m1/s1. The Morgan fingerprint density at radius 1 is 1.35 bits per heavy atom. The van der Waals surface area contributed by atoms with E-state index >= 15 is 0 Å². The van der Waals surface area contributed by atoms with Gasteiger partial charge in [0.2, 0.25) is 0 Å². The summed E-state index contributed by atoms with van der Waals surface area (Å²) in [5.41, 5.74) is 2.30. The molecular formula is C16H18ClFN4O. The molecule has 23 heavy (non-hydrogen) atoms. The number of fused-ring (bicyclic) bond motifs is 1. The van der Waals surface area contributed by atoms with Crippen molar-refractivity contribution in [3.63, 3.8) is 0 Å². The Bertz CT molecular complexity index is 855. The number of imidazole rings is 2. The van der Waals surface area contributed by atoms with Crippen LogP contribution in [0, 0.1) is 12.8 Å². The van der Waals surface area contributed by atoms with Crippen molar-refractivity contribution in [2.45, 2.75) is 33.4 Å². The summed E-state index contributed by atoms with van der Waals surface area (Å²) in [6.45, 7) is 5.18. The average molecular weight is 337 g/mol. The molecule has 7 heteroatoms. The van der Waals surface area contributed by atoms with Gasteiger partial charge in [-0.05, 0) is 32.3 Å². The lowest BCUT2D eigenvalue weighted by atomic mass is 10.0. The van der Waals surface area contributed by atoms with Crippen molar-refractivity contribution in [2.24, 2.45) is 5.92 Å². The van der Waals surface area contributed by atoms with E-state index in [-0.39, 0.29) is 11.7 Å². The number of hydrogen-bond acceptors (Lipinski definition) is 3. The van der Waals surface area contributed by atoms with Crippen molar-refractivity contribution < 1.29 is 9.50 Å². The Hall–Kier alpha value is -2.08. The lowest BCUT2D eigenvalue weighted by Gasteiger charge is -2.10. The van der Waals surface area contributed by atoms with Crippen molar-refractivity contribution in [3.05, 3.63) is 28.8 Å². The molecule has 0 aliphatic heterocycles. The quantitative estimate of drug-likeness (QED) is 0.669. The van der Waals surface area contributed by atoms with E-state index in [1.807, 2.05) is 6.92 Å². The number of nitrogens with zero attached hydrogens (tertiary/aromatic N) is 2. The van der Waals surface area contributed by atoms with E-state index < -0.39 is 6.17 Å². The predicted molar refractivity (Wildman–Crippen MR) is 88.5 cm³/mol. The third kappa shape index (κ3) is 2.91. The zero-order chi connectivity index (χ0) is 16.7. The summed E-state index contributed by atoms with van der Waals surface area (Å²) in [4.78, 5) is 14.7. The molecule has 5 nitrogen and oxygen atoms in total. The molecule has 2 heterocycles. The molecule has 2 aromatic heterocycles. The van der Waals surface area contributed by atoms with Crippen LogP contribution in [0.25, 0.3) is 22.4 Å². The SMILES string of the molecule is Cc1nc2c(Cl)cc(-c3ncc(CC(C)[C@@H](C)F)[nH]3)c(O)c2[nH]1. The zero-order valence-electron chi connectivity index (χ0n) is 13.1. The molecule has 122 valence electrons. The molecule has 1 aromatic carbocycles. The van der Waals surface area contributed by atoms with Crippen LogP contribution >= 0.6 is 11.6 Å². The Kier molecular flexibility index (Phi) is 4.02. The number of nitrogens with one attached hydrogen (secondary N) is 2. The van der Waals surface area contributed by atoms with Gasteiger partial charge < -0.3 is 15.1 Å². The van der Waals surface area contributed by atoms with E-state index in [0.717, 1.165) is 5.69 Å². The van der Waals surface area contributed by atoms with E-state index in [9.17, 15) is 9.50 Å². The number of benzene rings is 1. The first kappa shape index (κ1) is 15.8. The smallest absolute Gasteiger partial charge is 0.152 e. The third-order valence-corrected chi connectivity index (χ3v) is 4.31. The number of phenolic OH excluding ortho intramolecular Hbond substituents is 1. The molecule has 2 atom stereocenters. The summed E-state index contributed by atoms with van der Waals surface area (Å²) in [5, 5.41) is 10.9. The molecule has 0 saturated carbocycles. The number of H-pyrrole nitrogens is 2. The number of aromatic hydroxyl groups is 1. The molecule has 0 amide bonds. The van der Waals surface area contributed by atoms with Crippen molar-refractivity contribution in [1.29, 1.82) is 0 Å². The maximum atomic E-state index is 13.3. The van der Waals surface area contributed by atoms with Gasteiger partial charge in [-0.2, -0.15) is 0 Å². The molecule has 0 radical (unpaired) electrons. The minimum atomic E-state index is -0.895. The van der Waals surface area contributed by atoms with E-state index in [0.29, 0.717) is 39.7 Å². The molecule has 0 spiro atoms. The van der Waals surface area contributed by atoms with Crippen LogP contribution in [0.5, 0.6) is 5.75 Å². The van der Waals surface area contributed by atoms with Gasteiger partial charge in [0.25, 0.3) is 0 Å². The maximum absolute atomic E-state index is 13.3. The number of halogens is 2. The van der Waals surface area contributed by atoms with Crippen LogP contribution in [-0.2, 0) is 6.42 Å². The average Bonchev–Trinajstić information content (AvgIpc) is 3.09. The van der Waals surface area contributed by atoms with Gasteiger partial charge >= 0.3 is 0 Å². The fraction of sp³-hybridized carbons (Fsp3) is 0.375.